The van der Waals surface area contributed by atoms with Gasteiger partial charge in [0.05, 0.1) is 18.4 Å². The molecule has 35 heavy (non-hydrogen) atoms. The second kappa shape index (κ2) is 8.74. The first kappa shape index (κ1) is 24.0. The van der Waals surface area contributed by atoms with Crippen molar-refractivity contribution in [3.05, 3.63) is 74.3 Å². The molecule has 0 aliphatic carbocycles. The smallest absolute Gasteiger partial charge is 0.391 e. The molecule has 2 N–H and O–H groups in total. The number of hydrogen-bond donors (Lipinski definition) is 2. The number of sulfonamides is 1. The van der Waals surface area contributed by atoms with Gasteiger partial charge >= 0.3 is 5.76 Å². The lowest BCUT2D eigenvalue weighted by Gasteiger charge is -2.47. The summed E-state index contributed by atoms with van der Waals surface area (Å²) in [6.07, 6.45) is 0. The number of nitrogens with one attached hydrogen (secondary N) is 2. The zero-order valence-corrected chi connectivity index (χ0v) is 21.0. The Morgan fingerprint density at radius 1 is 1.23 bits per heavy atom. The molecule has 2 aliphatic rings. The Balaban J connectivity index is 1.70. The summed E-state index contributed by atoms with van der Waals surface area (Å²) >= 11 is 6.22. The average Bonchev–Trinajstić information content (AvgIpc) is 3.18. The van der Waals surface area contributed by atoms with Gasteiger partial charge in [0, 0.05) is 24.0 Å². The van der Waals surface area contributed by atoms with Crippen LogP contribution in [0.2, 0.25) is 5.02 Å². The van der Waals surface area contributed by atoms with Crippen LogP contribution in [0.1, 0.15) is 41.5 Å². The van der Waals surface area contributed by atoms with Gasteiger partial charge in [-0.3, -0.25) is 0 Å². The number of aromatic nitrogens is 2. The van der Waals surface area contributed by atoms with E-state index in [4.69, 9.17) is 16.0 Å². The number of halogens is 2. The van der Waals surface area contributed by atoms with E-state index in [0.717, 1.165) is 5.56 Å². The van der Waals surface area contributed by atoms with Crippen molar-refractivity contribution in [3.63, 3.8) is 0 Å². The predicted molar refractivity (Wildman–Crippen MR) is 129 cm³/mol. The van der Waals surface area contributed by atoms with Gasteiger partial charge in [-0.1, -0.05) is 24.6 Å². The standard InChI is InChI=1S/C23H25ClFN5O4S/c1-12-4-6-17(25)20(13(12)2)14(3)21(22-27-28-23(31)34-22)30-11-29(16-9-26-10-16)18-8-15(24)5-7-19(18)35(30,32)33/h4-8,14,16,21,26H,9-11H2,1-3H3,(H,28,31)/t14-,21+/m1/s1. The van der Waals surface area contributed by atoms with Crippen LogP contribution in [0.4, 0.5) is 10.1 Å². The number of anilines is 1. The third-order valence-electron chi connectivity index (χ3n) is 6.99. The first-order valence-corrected chi connectivity index (χ1v) is 13.0. The Labute approximate surface area is 206 Å². The van der Waals surface area contributed by atoms with E-state index in [9.17, 15) is 13.2 Å². The molecule has 186 valence electrons. The molecule has 2 aliphatic heterocycles. The van der Waals surface area contributed by atoms with E-state index >= 15 is 4.39 Å². The van der Waals surface area contributed by atoms with E-state index in [2.05, 4.69) is 15.5 Å². The van der Waals surface area contributed by atoms with Crippen LogP contribution in [0.15, 0.2) is 44.4 Å². The number of nitrogens with zero attached hydrogens (tertiary/aromatic N) is 3. The summed E-state index contributed by atoms with van der Waals surface area (Å²) < 4.78 is 49.6. The lowest BCUT2D eigenvalue weighted by molar-refractivity contribution is 0.223. The first-order chi connectivity index (χ1) is 16.6. The normalized spacial score (nSPS) is 19.7. The van der Waals surface area contributed by atoms with Crippen molar-refractivity contribution in [2.24, 2.45) is 0 Å². The summed E-state index contributed by atoms with van der Waals surface area (Å²) in [6, 6.07) is 6.61. The molecule has 0 unspecified atom stereocenters. The largest absolute Gasteiger partial charge is 0.434 e. The number of benzene rings is 2. The van der Waals surface area contributed by atoms with Crippen molar-refractivity contribution >= 4 is 27.3 Å². The molecule has 0 saturated carbocycles. The monoisotopic (exact) mass is 521 g/mol. The fraction of sp³-hybridized carbons (Fsp3) is 0.391. The number of aromatic amines is 1. The Morgan fingerprint density at radius 3 is 2.60 bits per heavy atom. The molecule has 2 atom stereocenters. The molecular weight excluding hydrogens is 497 g/mol. The van der Waals surface area contributed by atoms with Crippen LogP contribution in [0.25, 0.3) is 0 Å². The van der Waals surface area contributed by atoms with Crippen LogP contribution in [0, 0.1) is 19.7 Å². The van der Waals surface area contributed by atoms with Gasteiger partial charge in [0.15, 0.2) is 0 Å². The van der Waals surface area contributed by atoms with Crippen molar-refractivity contribution in [3.8, 4) is 0 Å². The molecule has 2 aromatic carbocycles. The van der Waals surface area contributed by atoms with Crippen molar-refractivity contribution in [1.82, 2.24) is 19.8 Å². The molecule has 0 spiro atoms. The van der Waals surface area contributed by atoms with Gasteiger partial charge in [0.25, 0.3) is 0 Å². The van der Waals surface area contributed by atoms with Crippen molar-refractivity contribution in [2.75, 3.05) is 24.7 Å². The minimum Gasteiger partial charge on any atom is -0.391 e. The van der Waals surface area contributed by atoms with Crippen LogP contribution in [0.3, 0.4) is 0 Å². The number of hydrogen-bond acceptors (Lipinski definition) is 7. The zero-order valence-electron chi connectivity index (χ0n) is 19.4. The van der Waals surface area contributed by atoms with E-state index in [1.54, 1.807) is 26.0 Å². The van der Waals surface area contributed by atoms with Crippen molar-refractivity contribution in [2.45, 2.75) is 43.7 Å². The third kappa shape index (κ3) is 3.96. The van der Waals surface area contributed by atoms with Crippen LogP contribution >= 0.6 is 11.6 Å². The molecule has 5 rings (SSSR count). The summed E-state index contributed by atoms with van der Waals surface area (Å²) in [5, 5.41) is 9.82. The molecule has 9 nitrogen and oxygen atoms in total. The van der Waals surface area contributed by atoms with E-state index in [-0.39, 0.29) is 23.5 Å². The summed E-state index contributed by atoms with van der Waals surface area (Å²) in [6.45, 7) is 6.66. The second-order valence-electron chi connectivity index (χ2n) is 9.02. The highest BCUT2D eigenvalue weighted by atomic mass is 35.5. The van der Waals surface area contributed by atoms with Gasteiger partial charge in [-0.25, -0.2) is 22.7 Å². The summed E-state index contributed by atoms with van der Waals surface area (Å²) in [5.74, 6) is -2.15. The molecule has 3 heterocycles. The average molecular weight is 522 g/mol. The Hall–Kier alpha value is -2.73. The van der Waals surface area contributed by atoms with Gasteiger partial charge in [-0.2, -0.15) is 4.31 Å². The highest BCUT2D eigenvalue weighted by Gasteiger charge is 2.47. The van der Waals surface area contributed by atoms with Crippen molar-refractivity contribution in [1.29, 1.82) is 0 Å². The Kier molecular flexibility index (Phi) is 5.99. The molecular formula is C23H25ClFN5O4S. The van der Waals surface area contributed by atoms with Crippen molar-refractivity contribution < 1.29 is 17.2 Å². The van der Waals surface area contributed by atoms with Gasteiger partial charge in [-0.05, 0) is 54.8 Å². The third-order valence-corrected chi connectivity index (χ3v) is 9.09. The van der Waals surface area contributed by atoms with E-state index in [1.165, 1.54) is 22.5 Å². The maximum atomic E-state index is 15.2. The van der Waals surface area contributed by atoms with Gasteiger partial charge in [0.2, 0.25) is 15.9 Å². The zero-order chi connectivity index (χ0) is 25.1. The SMILES string of the molecule is Cc1ccc(F)c([C@@H](C)[C@@H](c2n[nH]c(=O)o2)N2CN(C3CNC3)c3cc(Cl)ccc3S2(=O)=O)c1C. The van der Waals surface area contributed by atoms with E-state index in [1.807, 2.05) is 11.8 Å². The Bertz CT molecular complexity index is 1450. The molecule has 1 fully saturated rings. The molecule has 1 saturated heterocycles. The summed E-state index contributed by atoms with van der Waals surface area (Å²) in [7, 11) is -4.10. The molecule has 0 radical (unpaired) electrons. The number of H-pyrrole nitrogens is 1. The van der Waals surface area contributed by atoms with Crippen LogP contribution in [-0.2, 0) is 10.0 Å². The molecule has 0 amide bonds. The summed E-state index contributed by atoms with van der Waals surface area (Å²) in [5.41, 5.74) is 2.41. The molecule has 0 bridgehead atoms. The number of aryl methyl sites for hydroxylation is 1. The minimum atomic E-state index is -4.10. The lowest BCUT2D eigenvalue weighted by Crippen LogP contribution is -2.62. The number of fused-ring (bicyclic) bond motifs is 1. The number of rotatable bonds is 5. The van der Waals surface area contributed by atoms with E-state index in [0.29, 0.717) is 34.9 Å². The fourth-order valence-electron chi connectivity index (χ4n) is 4.88. The maximum Gasteiger partial charge on any atom is 0.434 e. The van der Waals surface area contributed by atoms with E-state index < -0.39 is 33.6 Å². The highest BCUT2D eigenvalue weighted by Crippen LogP contribution is 2.45. The topological polar surface area (TPSA) is 112 Å². The fourth-order valence-corrected chi connectivity index (χ4v) is 6.83. The quantitative estimate of drug-likeness (QED) is 0.530. The van der Waals surface area contributed by atoms with Gasteiger partial charge in [-0.15, -0.1) is 5.10 Å². The summed E-state index contributed by atoms with van der Waals surface area (Å²) in [4.78, 5) is 13.9. The van der Waals surface area contributed by atoms with Gasteiger partial charge in [0.1, 0.15) is 16.8 Å². The first-order valence-electron chi connectivity index (χ1n) is 11.2. The highest BCUT2D eigenvalue weighted by molar-refractivity contribution is 7.89. The second-order valence-corrected chi connectivity index (χ2v) is 11.3. The molecule has 12 heteroatoms. The Morgan fingerprint density at radius 2 is 1.97 bits per heavy atom. The van der Waals surface area contributed by atoms with Crippen LogP contribution in [-0.4, -0.2) is 48.7 Å². The van der Waals surface area contributed by atoms with Crippen LogP contribution < -0.4 is 16.0 Å². The minimum absolute atomic E-state index is 0.0322. The molecule has 1 aromatic heterocycles. The maximum absolute atomic E-state index is 15.2. The predicted octanol–water partition coefficient (Wildman–Crippen LogP) is 3.06. The lowest BCUT2D eigenvalue weighted by atomic mass is 9.87. The molecule has 3 aromatic rings. The van der Waals surface area contributed by atoms with Crippen LogP contribution in [0.5, 0.6) is 0 Å². The van der Waals surface area contributed by atoms with Gasteiger partial charge < -0.3 is 14.6 Å².